The van der Waals surface area contributed by atoms with Crippen molar-refractivity contribution in [3.63, 3.8) is 0 Å². The van der Waals surface area contributed by atoms with E-state index in [-0.39, 0.29) is 5.56 Å². The number of carboxylic acid groups (broad SMARTS) is 1. The van der Waals surface area contributed by atoms with Crippen LogP contribution in [0.4, 0.5) is 13.2 Å². The molecular weight excluding hydrogens is 281 g/mol. The van der Waals surface area contributed by atoms with Gasteiger partial charge in [-0.3, -0.25) is 0 Å². The lowest BCUT2D eigenvalue weighted by atomic mass is 9.93. The molecule has 0 aromatic heterocycles. The zero-order chi connectivity index (χ0) is 15.8. The van der Waals surface area contributed by atoms with E-state index in [9.17, 15) is 23.1 Å². The highest BCUT2D eigenvalue weighted by molar-refractivity contribution is 5.98. The van der Waals surface area contributed by atoms with Crippen molar-refractivity contribution in [2.45, 2.75) is 20.0 Å². The fraction of sp³-hybridized carbons (Fsp3) is 0.188. The Morgan fingerprint density at radius 1 is 1.05 bits per heavy atom. The average molecular weight is 294 g/mol. The number of carbonyl (C=O) groups is 1. The minimum Gasteiger partial charge on any atom is -0.478 e. The number of aryl methyl sites for hydroxylation is 2. The van der Waals surface area contributed by atoms with Gasteiger partial charge in [0.1, 0.15) is 0 Å². The lowest BCUT2D eigenvalue weighted by Gasteiger charge is -2.15. The van der Waals surface area contributed by atoms with Crippen LogP contribution in [0.2, 0.25) is 0 Å². The normalized spacial score (nSPS) is 11.5. The van der Waals surface area contributed by atoms with Crippen molar-refractivity contribution in [3.05, 3.63) is 58.7 Å². The largest absolute Gasteiger partial charge is 0.478 e. The third-order valence-corrected chi connectivity index (χ3v) is 3.12. The van der Waals surface area contributed by atoms with E-state index in [1.165, 1.54) is 12.1 Å². The fourth-order valence-corrected chi connectivity index (χ4v) is 2.39. The SMILES string of the molecule is Cc1cc(C)cc(-c2cccc(C(F)(F)F)c2C(=O)O)c1. The molecule has 0 radical (unpaired) electrons. The fourth-order valence-electron chi connectivity index (χ4n) is 2.39. The van der Waals surface area contributed by atoms with Crippen LogP contribution in [0.3, 0.4) is 0 Å². The maximum atomic E-state index is 13.0. The van der Waals surface area contributed by atoms with E-state index in [1.807, 2.05) is 19.9 Å². The number of halogens is 3. The molecule has 110 valence electrons. The van der Waals surface area contributed by atoms with Crippen molar-refractivity contribution in [1.82, 2.24) is 0 Å². The molecule has 0 aliphatic rings. The Kier molecular flexibility index (Phi) is 3.77. The van der Waals surface area contributed by atoms with Crippen molar-refractivity contribution < 1.29 is 23.1 Å². The summed E-state index contributed by atoms with van der Waals surface area (Å²) in [6, 6.07) is 8.63. The van der Waals surface area contributed by atoms with Gasteiger partial charge in [0.05, 0.1) is 11.1 Å². The highest BCUT2D eigenvalue weighted by Crippen LogP contribution is 2.37. The molecule has 0 fully saturated rings. The molecule has 0 aliphatic heterocycles. The number of hydrogen-bond acceptors (Lipinski definition) is 1. The van der Waals surface area contributed by atoms with Crippen LogP contribution in [0.25, 0.3) is 11.1 Å². The zero-order valence-corrected chi connectivity index (χ0v) is 11.5. The lowest BCUT2D eigenvalue weighted by molar-refractivity contribution is -0.138. The molecule has 2 nitrogen and oxygen atoms in total. The molecule has 0 saturated heterocycles. The minimum atomic E-state index is -4.71. The molecule has 0 atom stereocenters. The van der Waals surface area contributed by atoms with Gasteiger partial charge in [0.25, 0.3) is 0 Å². The van der Waals surface area contributed by atoms with Crippen LogP contribution in [0.5, 0.6) is 0 Å². The average Bonchev–Trinajstić information content (AvgIpc) is 2.35. The number of rotatable bonds is 2. The van der Waals surface area contributed by atoms with Gasteiger partial charge in [-0.2, -0.15) is 13.2 Å². The molecule has 5 heteroatoms. The Labute approximate surface area is 119 Å². The summed E-state index contributed by atoms with van der Waals surface area (Å²) in [5, 5.41) is 9.21. The van der Waals surface area contributed by atoms with E-state index in [2.05, 4.69) is 0 Å². The van der Waals surface area contributed by atoms with Gasteiger partial charge in [0.2, 0.25) is 0 Å². The van der Waals surface area contributed by atoms with Crippen LogP contribution >= 0.6 is 0 Å². The Morgan fingerprint density at radius 2 is 1.62 bits per heavy atom. The van der Waals surface area contributed by atoms with Crippen molar-refractivity contribution in [3.8, 4) is 11.1 Å². The summed E-state index contributed by atoms with van der Waals surface area (Å²) in [6.45, 7) is 3.62. The first-order chi connectivity index (χ1) is 9.70. The first-order valence-corrected chi connectivity index (χ1v) is 6.22. The van der Waals surface area contributed by atoms with Crippen LogP contribution in [0.15, 0.2) is 36.4 Å². The highest BCUT2D eigenvalue weighted by Gasteiger charge is 2.36. The van der Waals surface area contributed by atoms with Crippen LogP contribution in [-0.2, 0) is 6.18 Å². The predicted octanol–water partition coefficient (Wildman–Crippen LogP) is 4.69. The van der Waals surface area contributed by atoms with Gasteiger partial charge in [-0.1, -0.05) is 41.5 Å². The minimum absolute atomic E-state index is 0.0733. The maximum Gasteiger partial charge on any atom is 0.417 e. The van der Waals surface area contributed by atoms with Gasteiger partial charge < -0.3 is 5.11 Å². The van der Waals surface area contributed by atoms with Crippen molar-refractivity contribution in [1.29, 1.82) is 0 Å². The summed E-state index contributed by atoms with van der Waals surface area (Å²) >= 11 is 0. The Bertz CT molecular complexity index is 683. The first-order valence-electron chi connectivity index (χ1n) is 6.22. The zero-order valence-electron chi connectivity index (χ0n) is 11.5. The number of carboxylic acids is 1. The molecule has 0 unspecified atom stereocenters. The third-order valence-electron chi connectivity index (χ3n) is 3.12. The second-order valence-electron chi connectivity index (χ2n) is 4.91. The summed E-state index contributed by atoms with van der Waals surface area (Å²) < 4.78 is 39.0. The van der Waals surface area contributed by atoms with Gasteiger partial charge in [0.15, 0.2) is 0 Å². The van der Waals surface area contributed by atoms with Crippen molar-refractivity contribution >= 4 is 5.97 Å². The number of benzene rings is 2. The van der Waals surface area contributed by atoms with Crippen LogP contribution < -0.4 is 0 Å². The molecular formula is C16H13F3O2. The third kappa shape index (κ3) is 3.07. The van der Waals surface area contributed by atoms with Gasteiger partial charge >= 0.3 is 12.1 Å². The molecule has 0 aliphatic carbocycles. The van der Waals surface area contributed by atoms with Crippen molar-refractivity contribution in [2.75, 3.05) is 0 Å². The van der Waals surface area contributed by atoms with E-state index < -0.39 is 23.3 Å². The molecule has 2 rings (SSSR count). The van der Waals surface area contributed by atoms with E-state index in [0.717, 1.165) is 17.2 Å². The quantitative estimate of drug-likeness (QED) is 0.872. The van der Waals surface area contributed by atoms with Crippen LogP contribution in [0.1, 0.15) is 27.0 Å². The van der Waals surface area contributed by atoms with Crippen LogP contribution in [0, 0.1) is 13.8 Å². The molecule has 21 heavy (non-hydrogen) atoms. The lowest BCUT2D eigenvalue weighted by Crippen LogP contribution is -2.14. The summed E-state index contributed by atoms with van der Waals surface area (Å²) in [4.78, 5) is 11.3. The van der Waals surface area contributed by atoms with E-state index >= 15 is 0 Å². The predicted molar refractivity (Wildman–Crippen MR) is 73.3 cm³/mol. The van der Waals surface area contributed by atoms with Gasteiger partial charge in [-0.05, 0) is 31.0 Å². The van der Waals surface area contributed by atoms with E-state index in [0.29, 0.717) is 5.56 Å². The van der Waals surface area contributed by atoms with Gasteiger partial charge in [-0.25, -0.2) is 4.79 Å². The second-order valence-corrected chi connectivity index (χ2v) is 4.91. The second kappa shape index (κ2) is 5.24. The molecule has 0 bridgehead atoms. The van der Waals surface area contributed by atoms with Crippen molar-refractivity contribution in [2.24, 2.45) is 0 Å². The summed E-state index contributed by atoms with van der Waals surface area (Å²) in [5.74, 6) is -1.59. The molecule has 2 aromatic rings. The standard InChI is InChI=1S/C16H13F3O2/c1-9-6-10(2)8-11(7-9)12-4-3-5-13(16(17,18)19)14(12)15(20)21/h3-8H,1-2H3,(H,20,21). The first kappa shape index (κ1) is 15.1. The molecule has 2 aromatic carbocycles. The van der Waals surface area contributed by atoms with Gasteiger partial charge in [-0.15, -0.1) is 0 Å². The molecule has 0 heterocycles. The number of hydrogen-bond donors (Lipinski definition) is 1. The highest BCUT2D eigenvalue weighted by atomic mass is 19.4. The summed E-state index contributed by atoms with van der Waals surface area (Å²) in [6.07, 6.45) is -4.71. The topological polar surface area (TPSA) is 37.3 Å². The smallest absolute Gasteiger partial charge is 0.417 e. The van der Waals surface area contributed by atoms with Crippen LogP contribution in [-0.4, -0.2) is 11.1 Å². The monoisotopic (exact) mass is 294 g/mol. The Hall–Kier alpha value is -2.30. The number of alkyl halides is 3. The molecule has 1 N–H and O–H groups in total. The summed E-state index contributed by atoms with van der Waals surface area (Å²) in [7, 11) is 0. The van der Waals surface area contributed by atoms with E-state index in [1.54, 1.807) is 12.1 Å². The molecule has 0 amide bonds. The Morgan fingerprint density at radius 3 is 2.10 bits per heavy atom. The van der Waals surface area contributed by atoms with Gasteiger partial charge in [0, 0.05) is 0 Å². The molecule has 0 saturated carbocycles. The van der Waals surface area contributed by atoms with E-state index in [4.69, 9.17) is 0 Å². The maximum absolute atomic E-state index is 13.0. The molecule has 0 spiro atoms. The summed E-state index contributed by atoms with van der Waals surface area (Å²) in [5.41, 5.74) is 0.416. The number of aromatic carboxylic acids is 1. The Balaban J connectivity index is 2.77.